The first-order chi connectivity index (χ1) is 9.09. The summed E-state index contributed by atoms with van der Waals surface area (Å²) in [5, 5.41) is 1.35. The summed E-state index contributed by atoms with van der Waals surface area (Å²) in [6, 6.07) is 6.86. The van der Waals surface area contributed by atoms with Crippen LogP contribution in [0.3, 0.4) is 0 Å². The van der Waals surface area contributed by atoms with E-state index in [0.29, 0.717) is 11.8 Å². The Morgan fingerprint density at radius 3 is 2.53 bits per heavy atom. The molecule has 1 aromatic carbocycles. The molecule has 0 spiro atoms. The van der Waals surface area contributed by atoms with Crippen LogP contribution in [0.25, 0.3) is 10.9 Å². The van der Waals surface area contributed by atoms with Gasteiger partial charge in [-0.25, -0.2) is 0 Å². The molecule has 1 saturated carbocycles. The van der Waals surface area contributed by atoms with Gasteiger partial charge in [0, 0.05) is 24.7 Å². The summed E-state index contributed by atoms with van der Waals surface area (Å²) in [6.07, 6.45) is 6.18. The van der Waals surface area contributed by atoms with E-state index < -0.39 is 0 Å². The number of aromatic nitrogens is 1. The molecule has 2 nitrogen and oxygen atoms in total. The van der Waals surface area contributed by atoms with Crippen molar-refractivity contribution in [3.8, 4) is 0 Å². The monoisotopic (exact) mass is 256 g/mol. The van der Waals surface area contributed by atoms with Gasteiger partial charge in [-0.15, -0.1) is 0 Å². The fraction of sp³-hybridized carbons (Fsp3) is 0.529. The molecule has 1 atom stereocenters. The second-order valence-electron chi connectivity index (χ2n) is 6.31. The van der Waals surface area contributed by atoms with Crippen LogP contribution in [0.4, 0.5) is 0 Å². The minimum absolute atomic E-state index is 0.208. The van der Waals surface area contributed by atoms with Gasteiger partial charge in [-0.05, 0) is 35.8 Å². The van der Waals surface area contributed by atoms with E-state index in [9.17, 15) is 0 Å². The number of aryl methyl sites for hydroxylation is 1. The molecule has 0 bridgehead atoms. The van der Waals surface area contributed by atoms with Crippen molar-refractivity contribution in [2.75, 3.05) is 0 Å². The van der Waals surface area contributed by atoms with E-state index in [1.807, 2.05) is 0 Å². The molecule has 0 aliphatic heterocycles. The summed E-state index contributed by atoms with van der Waals surface area (Å²) < 4.78 is 2.26. The lowest BCUT2D eigenvalue weighted by molar-refractivity contribution is 0.265. The largest absolute Gasteiger partial charge is 0.350 e. The number of nitrogens with two attached hydrogens (primary N) is 1. The van der Waals surface area contributed by atoms with Crippen LogP contribution in [0.1, 0.15) is 56.2 Å². The van der Waals surface area contributed by atoms with Crippen LogP contribution < -0.4 is 5.73 Å². The number of nitrogens with zero attached hydrogens (tertiary/aromatic N) is 1. The Bertz CT molecular complexity index is 591. The van der Waals surface area contributed by atoms with Crippen LogP contribution in [0.15, 0.2) is 24.4 Å². The summed E-state index contributed by atoms with van der Waals surface area (Å²) >= 11 is 0. The zero-order valence-electron chi connectivity index (χ0n) is 12.2. The average Bonchev–Trinajstić information content (AvgIpc) is 2.64. The van der Waals surface area contributed by atoms with Crippen molar-refractivity contribution in [3.63, 3.8) is 0 Å². The SMILES string of the molecule is CC(C)c1cccc2c(C(N)C3CCC3)cn(C)c12. The molecule has 0 saturated heterocycles. The second kappa shape index (κ2) is 4.68. The Hall–Kier alpha value is -1.28. The number of hydrogen-bond donors (Lipinski definition) is 1. The van der Waals surface area contributed by atoms with Crippen LogP contribution in [0.5, 0.6) is 0 Å². The molecule has 0 radical (unpaired) electrons. The number of rotatable bonds is 3. The maximum absolute atomic E-state index is 6.49. The summed E-state index contributed by atoms with van der Waals surface area (Å²) in [4.78, 5) is 0. The van der Waals surface area contributed by atoms with E-state index in [0.717, 1.165) is 0 Å². The van der Waals surface area contributed by atoms with E-state index in [1.165, 1.54) is 41.3 Å². The molecule has 1 aliphatic rings. The minimum Gasteiger partial charge on any atom is -0.350 e. The van der Waals surface area contributed by atoms with E-state index in [4.69, 9.17) is 5.73 Å². The van der Waals surface area contributed by atoms with Gasteiger partial charge in [-0.2, -0.15) is 0 Å². The van der Waals surface area contributed by atoms with Crippen LogP contribution in [-0.4, -0.2) is 4.57 Å². The highest BCUT2D eigenvalue weighted by Gasteiger charge is 2.28. The average molecular weight is 256 g/mol. The Morgan fingerprint density at radius 1 is 1.21 bits per heavy atom. The van der Waals surface area contributed by atoms with Crippen molar-refractivity contribution in [1.29, 1.82) is 0 Å². The van der Waals surface area contributed by atoms with Gasteiger partial charge in [-0.3, -0.25) is 0 Å². The minimum atomic E-state index is 0.208. The van der Waals surface area contributed by atoms with Crippen molar-refractivity contribution in [1.82, 2.24) is 4.57 Å². The Kier molecular flexibility index (Phi) is 3.14. The molecule has 102 valence electrons. The highest BCUT2D eigenvalue weighted by Crippen LogP contribution is 2.40. The van der Waals surface area contributed by atoms with Crippen LogP contribution in [0, 0.1) is 5.92 Å². The van der Waals surface area contributed by atoms with Crippen LogP contribution in [-0.2, 0) is 7.05 Å². The lowest BCUT2D eigenvalue weighted by atomic mass is 9.77. The molecule has 0 amide bonds. The first kappa shape index (κ1) is 12.7. The molecule has 1 unspecified atom stereocenters. The summed E-state index contributed by atoms with van der Waals surface area (Å²) in [5.74, 6) is 1.23. The third kappa shape index (κ3) is 1.99. The Labute approximate surface area is 115 Å². The quantitative estimate of drug-likeness (QED) is 0.880. The molecule has 1 heterocycles. The summed E-state index contributed by atoms with van der Waals surface area (Å²) in [6.45, 7) is 4.51. The maximum Gasteiger partial charge on any atom is 0.0516 e. The van der Waals surface area contributed by atoms with Crippen LogP contribution >= 0.6 is 0 Å². The molecule has 1 fully saturated rings. The third-order valence-corrected chi connectivity index (χ3v) is 4.70. The number of fused-ring (bicyclic) bond motifs is 1. The molecule has 2 heteroatoms. The van der Waals surface area contributed by atoms with Crippen molar-refractivity contribution in [2.45, 2.75) is 45.1 Å². The van der Waals surface area contributed by atoms with Crippen molar-refractivity contribution in [2.24, 2.45) is 18.7 Å². The first-order valence-corrected chi connectivity index (χ1v) is 7.43. The van der Waals surface area contributed by atoms with E-state index >= 15 is 0 Å². The van der Waals surface area contributed by atoms with Gasteiger partial charge in [0.2, 0.25) is 0 Å². The zero-order valence-corrected chi connectivity index (χ0v) is 12.2. The predicted molar refractivity (Wildman–Crippen MR) is 81.3 cm³/mol. The van der Waals surface area contributed by atoms with E-state index in [2.05, 4.69) is 49.9 Å². The molecule has 19 heavy (non-hydrogen) atoms. The smallest absolute Gasteiger partial charge is 0.0516 e. The molecular weight excluding hydrogens is 232 g/mol. The van der Waals surface area contributed by atoms with Crippen molar-refractivity contribution >= 4 is 10.9 Å². The second-order valence-corrected chi connectivity index (χ2v) is 6.31. The van der Waals surface area contributed by atoms with Gasteiger partial charge in [0.1, 0.15) is 0 Å². The van der Waals surface area contributed by atoms with E-state index in [-0.39, 0.29) is 6.04 Å². The number of benzene rings is 1. The highest BCUT2D eigenvalue weighted by atomic mass is 14.9. The molecule has 3 rings (SSSR count). The third-order valence-electron chi connectivity index (χ3n) is 4.70. The summed E-state index contributed by atoms with van der Waals surface area (Å²) in [5.41, 5.74) is 10.6. The fourth-order valence-corrected chi connectivity index (χ4v) is 3.32. The normalized spacial score (nSPS) is 17.9. The molecular formula is C17H24N2. The first-order valence-electron chi connectivity index (χ1n) is 7.43. The van der Waals surface area contributed by atoms with Crippen molar-refractivity contribution < 1.29 is 0 Å². The number of para-hydroxylation sites is 1. The van der Waals surface area contributed by atoms with Gasteiger partial charge in [-0.1, -0.05) is 38.5 Å². The lowest BCUT2D eigenvalue weighted by Gasteiger charge is -2.31. The van der Waals surface area contributed by atoms with Gasteiger partial charge in [0.25, 0.3) is 0 Å². The van der Waals surface area contributed by atoms with Crippen molar-refractivity contribution in [3.05, 3.63) is 35.5 Å². The fourth-order valence-electron chi connectivity index (χ4n) is 3.32. The van der Waals surface area contributed by atoms with Gasteiger partial charge in [0.15, 0.2) is 0 Å². The number of hydrogen-bond acceptors (Lipinski definition) is 1. The standard InChI is InChI=1S/C17H24N2/c1-11(2)13-8-5-9-14-15(10-19(3)17(13)14)16(18)12-6-4-7-12/h5,8-12,16H,4,6-7,18H2,1-3H3. The maximum atomic E-state index is 6.49. The van der Waals surface area contributed by atoms with Gasteiger partial charge >= 0.3 is 0 Å². The van der Waals surface area contributed by atoms with E-state index in [1.54, 1.807) is 0 Å². The molecule has 2 N–H and O–H groups in total. The van der Waals surface area contributed by atoms with Crippen LogP contribution in [0.2, 0.25) is 0 Å². The molecule has 2 aromatic rings. The predicted octanol–water partition coefficient (Wildman–Crippen LogP) is 4.10. The molecule has 1 aliphatic carbocycles. The Balaban J connectivity index is 2.14. The lowest BCUT2D eigenvalue weighted by Crippen LogP contribution is -2.26. The Morgan fingerprint density at radius 2 is 1.95 bits per heavy atom. The van der Waals surface area contributed by atoms with Gasteiger partial charge < -0.3 is 10.3 Å². The van der Waals surface area contributed by atoms with Gasteiger partial charge in [0.05, 0.1) is 5.52 Å². The summed E-state index contributed by atoms with van der Waals surface area (Å²) in [7, 11) is 2.14. The highest BCUT2D eigenvalue weighted by molar-refractivity contribution is 5.87. The molecule has 1 aromatic heterocycles. The zero-order chi connectivity index (χ0) is 13.6. The topological polar surface area (TPSA) is 30.9 Å².